The van der Waals surface area contributed by atoms with Crippen molar-refractivity contribution in [2.45, 2.75) is 44.8 Å². The molecule has 13 heteroatoms. The first-order valence-electron chi connectivity index (χ1n) is 11.1. The van der Waals surface area contributed by atoms with Crippen LogP contribution in [0.4, 0.5) is 36.8 Å². The topological polar surface area (TPSA) is 73.3 Å². The summed E-state index contributed by atoms with van der Waals surface area (Å²) in [5.41, 5.74) is 2.82. The number of halogens is 6. The molecule has 1 aromatic rings. The van der Waals surface area contributed by atoms with E-state index in [-0.39, 0.29) is 26.2 Å². The highest BCUT2D eigenvalue weighted by atomic mass is 19.4. The second-order valence-electron chi connectivity index (χ2n) is 8.87. The third-order valence-corrected chi connectivity index (χ3v) is 6.19. The minimum absolute atomic E-state index is 0.0900. The summed E-state index contributed by atoms with van der Waals surface area (Å²) in [7, 11) is 0. The first-order valence-corrected chi connectivity index (χ1v) is 11.1. The molecule has 0 unspecified atom stereocenters. The molecule has 2 aliphatic rings. The molecule has 1 amide bonds. The van der Waals surface area contributed by atoms with Gasteiger partial charge in [0, 0.05) is 51.5 Å². The number of ether oxygens (including phenoxy) is 1. The van der Waals surface area contributed by atoms with Crippen molar-refractivity contribution < 1.29 is 45.8 Å². The van der Waals surface area contributed by atoms with E-state index < -0.39 is 36.4 Å². The minimum atomic E-state index is -5.76. The lowest BCUT2D eigenvalue weighted by molar-refractivity contribution is -0.308. The monoisotopic (exact) mass is 511 g/mol. The van der Waals surface area contributed by atoms with Crippen LogP contribution >= 0.6 is 0 Å². The molecule has 7 nitrogen and oxygen atoms in total. The van der Waals surface area contributed by atoms with Crippen LogP contribution in [0.2, 0.25) is 0 Å². The highest BCUT2D eigenvalue weighted by molar-refractivity contribution is 5.71. The Morgan fingerprint density at radius 1 is 1.06 bits per heavy atom. The maximum atomic E-state index is 12.7. The molecule has 1 atom stereocenters. The number of alkyl halides is 6. The number of nitrogens with zero attached hydrogens (tertiary/aromatic N) is 3. The normalized spacial score (nSPS) is 20.3. The maximum absolute atomic E-state index is 12.7. The number of hydrogen-bond donors (Lipinski definition) is 1. The van der Waals surface area contributed by atoms with Crippen LogP contribution in [-0.2, 0) is 16.1 Å². The Hall–Kier alpha value is -2.70. The number of carboxylic acids is 1. The average Bonchev–Trinajstić information content (AvgIpc) is 2.77. The predicted octanol–water partition coefficient (Wildman–Crippen LogP) is 4.04. The molecule has 2 saturated heterocycles. The predicted molar refractivity (Wildman–Crippen MR) is 113 cm³/mol. The van der Waals surface area contributed by atoms with Crippen molar-refractivity contribution >= 4 is 17.7 Å². The van der Waals surface area contributed by atoms with Crippen LogP contribution in [0.3, 0.4) is 0 Å². The number of anilines is 1. The number of piperidine rings is 1. The molecule has 2 aliphatic heterocycles. The number of piperazine rings is 1. The number of carbonyl (C=O) groups excluding carboxylic acids is 1. The third-order valence-electron chi connectivity index (χ3n) is 6.19. The van der Waals surface area contributed by atoms with Gasteiger partial charge in [-0.25, -0.2) is 4.79 Å². The molecule has 1 aromatic carbocycles. The van der Waals surface area contributed by atoms with Gasteiger partial charge in [0.1, 0.15) is 0 Å². The minimum Gasteiger partial charge on any atom is -0.481 e. The summed E-state index contributed by atoms with van der Waals surface area (Å²) >= 11 is 0. The Bertz CT molecular complexity index is 901. The summed E-state index contributed by atoms with van der Waals surface area (Å²) in [5.74, 6) is -1.31. The Labute approximate surface area is 198 Å². The van der Waals surface area contributed by atoms with E-state index in [2.05, 4.69) is 4.74 Å². The number of aryl methyl sites for hydroxylation is 1. The van der Waals surface area contributed by atoms with Crippen LogP contribution in [-0.4, -0.2) is 84.7 Å². The van der Waals surface area contributed by atoms with Gasteiger partial charge in [-0.3, -0.25) is 9.69 Å². The van der Waals surface area contributed by atoms with Crippen LogP contribution in [0.5, 0.6) is 0 Å². The second kappa shape index (κ2) is 10.5. The van der Waals surface area contributed by atoms with Gasteiger partial charge in [0.05, 0.1) is 5.92 Å². The van der Waals surface area contributed by atoms with Crippen LogP contribution in [0.25, 0.3) is 0 Å². The maximum Gasteiger partial charge on any atom is 0.434 e. The van der Waals surface area contributed by atoms with Gasteiger partial charge in [0.25, 0.3) is 6.10 Å². The fourth-order valence-electron chi connectivity index (χ4n) is 4.32. The third kappa shape index (κ3) is 6.92. The fourth-order valence-corrected chi connectivity index (χ4v) is 4.32. The highest BCUT2D eigenvalue weighted by Gasteiger charge is 2.60. The van der Waals surface area contributed by atoms with Crippen molar-refractivity contribution in [3.63, 3.8) is 0 Å². The first-order chi connectivity index (χ1) is 16.3. The SMILES string of the molecule is Cc1ccc(CN2CCN(C(=O)OC(C(F)(F)F)C(F)(F)F)CC2)c(N2CCC[C@@H](C(=O)O)C2)c1. The average molecular weight is 511 g/mol. The van der Waals surface area contributed by atoms with Crippen molar-refractivity contribution in [2.24, 2.45) is 5.92 Å². The van der Waals surface area contributed by atoms with Gasteiger partial charge in [-0.1, -0.05) is 12.1 Å². The number of hydrogen-bond acceptors (Lipinski definition) is 5. The van der Waals surface area contributed by atoms with E-state index in [0.717, 1.165) is 28.1 Å². The smallest absolute Gasteiger partial charge is 0.434 e. The van der Waals surface area contributed by atoms with Crippen molar-refractivity contribution in [2.75, 3.05) is 44.2 Å². The van der Waals surface area contributed by atoms with Crippen molar-refractivity contribution in [3.05, 3.63) is 29.3 Å². The largest absolute Gasteiger partial charge is 0.481 e. The number of benzene rings is 1. The second-order valence-corrected chi connectivity index (χ2v) is 8.87. The number of aliphatic carboxylic acids is 1. The molecule has 3 rings (SSSR count). The first kappa shape index (κ1) is 26.9. The van der Waals surface area contributed by atoms with Gasteiger partial charge in [-0.15, -0.1) is 0 Å². The van der Waals surface area contributed by atoms with Gasteiger partial charge in [-0.05, 0) is 37.0 Å². The molecule has 0 aliphatic carbocycles. The zero-order chi connectivity index (χ0) is 26.0. The molecule has 196 valence electrons. The van der Waals surface area contributed by atoms with E-state index in [1.54, 1.807) is 0 Å². The van der Waals surface area contributed by atoms with E-state index in [0.29, 0.717) is 26.1 Å². The highest BCUT2D eigenvalue weighted by Crippen LogP contribution is 2.36. The van der Waals surface area contributed by atoms with Gasteiger partial charge in [0.15, 0.2) is 0 Å². The molecule has 0 spiro atoms. The molecular weight excluding hydrogens is 484 g/mol. The van der Waals surface area contributed by atoms with Crippen LogP contribution in [0, 0.1) is 12.8 Å². The molecule has 0 bridgehead atoms. The molecule has 2 fully saturated rings. The summed E-state index contributed by atoms with van der Waals surface area (Å²) in [5, 5.41) is 9.40. The lowest BCUT2D eigenvalue weighted by Crippen LogP contribution is -2.52. The van der Waals surface area contributed by atoms with Gasteiger partial charge >= 0.3 is 24.4 Å². The van der Waals surface area contributed by atoms with Crippen LogP contribution in [0.1, 0.15) is 24.0 Å². The van der Waals surface area contributed by atoms with E-state index in [1.807, 2.05) is 34.9 Å². The van der Waals surface area contributed by atoms with Crippen molar-refractivity contribution in [3.8, 4) is 0 Å². The van der Waals surface area contributed by atoms with Crippen molar-refractivity contribution in [1.29, 1.82) is 0 Å². The Kier molecular flexibility index (Phi) is 8.07. The molecule has 0 aromatic heterocycles. The zero-order valence-electron chi connectivity index (χ0n) is 19.0. The number of carboxylic acid groups (broad SMARTS) is 1. The van der Waals surface area contributed by atoms with E-state index in [1.165, 1.54) is 0 Å². The van der Waals surface area contributed by atoms with Gasteiger partial charge < -0.3 is 19.6 Å². The van der Waals surface area contributed by atoms with E-state index >= 15 is 0 Å². The molecule has 35 heavy (non-hydrogen) atoms. The van der Waals surface area contributed by atoms with E-state index in [9.17, 15) is 41.0 Å². The Morgan fingerprint density at radius 3 is 2.26 bits per heavy atom. The summed E-state index contributed by atoms with van der Waals surface area (Å²) in [6, 6.07) is 5.81. The molecule has 1 N–H and O–H groups in total. The Balaban J connectivity index is 1.62. The summed E-state index contributed by atoms with van der Waals surface area (Å²) in [6.07, 6.45) is -16.0. The van der Waals surface area contributed by atoms with Gasteiger partial charge in [0.2, 0.25) is 0 Å². The number of amides is 1. The summed E-state index contributed by atoms with van der Waals surface area (Å²) < 4.78 is 79.8. The number of rotatable bonds is 5. The number of carbonyl (C=O) groups is 2. The van der Waals surface area contributed by atoms with E-state index in [4.69, 9.17) is 0 Å². The fraction of sp³-hybridized carbons (Fsp3) is 0.636. The lowest BCUT2D eigenvalue weighted by atomic mass is 9.96. The lowest BCUT2D eigenvalue weighted by Gasteiger charge is -2.37. The molecular formula is C22H27F6N3O4. The zero-order valence-corrected chi connectivity index (χ0v) is 19.0. The van der Waals surface area contributed by atoms with Crippen molar-refractivity contribution in [1.82, 2.24) is 9.80 Å². The van der Waals surface area contributed by atoms with Crippen LogP contribution in [0.15, 0.2) is 18.2 Å². The molecule has 0 radical (unpaired) electrons. The summed E-state index contributed by atoms with van der Waals surface area (Å²) in [6.45, 7) is 3.71. The standard InChI is InChI=1S/C22H27F6N3O4/c1-14-4-5-15(17(11-14)31-6-2-3-16(13-31)18(32)33)12-29-7-9-30(10-8-29)20(34)35-19(21(23,24)25)22(26,27)28/h4-5,11,16,19H,2-3,6-10,12-13H2,1H3,(H,32,33)/t16-/m1/s1. The Morgan fingerprint density at radius 2 is 1.69 bits per heavy atom. The van der Waals surface area contributed by atoms with Gasteiger partial charge in [-0.2, -0.15) is 26.3 Å². The quantitative estimate of drug-likeness (QED) is 0.602. The molecule has 2 heterocycles. The summed E-state index contributed by atoms with van der Waals surface area (Å²) in [4.78, 5) is 28.2. The van der Waals surface area contributed by atoms with Crippen LogP contribution < -0.4 is 4.90 Å². The molecule has 0 saturated carbocycles.